The topological polar surface area (TPSA) is 22.1 Å². The Balaban J connectivity index is 1.99. The van der Waals surface area contributed by atoms with Crippen LogP contribution >= 0.6 is 11.3 Å². The summed E-state index contributed by atoms with van der Waals surface area (Å²) in [5.74, 6) is 0.794. The SMILES string of the molecule is c1nc(OC2CC2)cs1. The van der Waals surface area contributed by atoms with Crippen LogP contribution < -0.4 is 4.74 Å². The molecule has 1 aromatic heterocycles. The maximum Gasteiger partial charge on any atom is 0.224 e. The predicted molar refractivity (Wildman–Crippen MR) is 35.8 cm³/mol. The number of hydrogen-bond donors (Lipinski definition) is 0. The molecule has 48 valence electrons. The molecule has 2 rings (SSSR count). The normalized spacial score (nSPS) is 17.8. The van der Waals surface area contributed by atoms with E-state index in [0.29, 0.717) is 6.10 Å². The lowest BCUT2D eigenvalue weighted by Gasteiger charge is -1.95. The Bertz CT molecular complexity index is 181. The highest BCUT2D eigenvalue weighted by Crippen LogP contribution is 2.25. The molecule has 0 atom stereocenters. The largest absolute Gasteiger partial charge is 0.474 e. The van der Waals surface area contributed by atoms with E-state index in [-0.39, 0.29) is 0 Å². The quantitative estimate of drug-likeness (QED) is 0.625. The van der Waals surface area contributed by atoms with Crippen LogP contribution in [0.2, 0.25) is 0 Å². The number of aromatic nitrogens is 1. The molecule has 1 saturated carbocycles. The average molecular weight is 141 g/mol. The van der Waals surface area contributed by atoms with Gasteiger partial charge in [0, 0.05) is 0 Å². The van der Waals surface area contributed by atoms with Gasteiger partial charge in [-0.15, -0.1) is 11.3 Å². The summed E-state index contributed by atoms with van der Waals surface area (Å²) in [5, 5.41) is 1.93. The van der Waals surface area contributed by atoms with Gasteiger partial charge in [0.05, 0.1) is 10.9 Å². The maximum atomic E-state index is 5.36. The Morgan fingerprint density at radius 2 is 2.56 bits per heavy atom. The van der Waals surface area contributed by atoms with Gasteiger partial charge in [0.15, 0.2) is 0 Å². The van der Waals surface area contributed by atoms with Crippen LogP contribution in [-0.4, -0.2) is 11.1 Å². The van der Waals surface area contributed by atoms with Crippen LogP contribution in [0.1, 0.15) is 12.8 Å². The molecule has 0 unspecified atom stereocenters. The molecule has 0 spiro atoms. The molecular weight excluding hydrogens is 134 g/mol. The first kappa shape index (κ1) is 5.23. The lowest BCUT2D eigenvalue weighted by Crippen LogP contribution is -1.94. The molecule has 0 amide bonds. The van der Waals surface area contributed by atoms with Crippen LogP contribution in [0.5, 0.6) is 5.88 Å². The van der Waals surface area contributed by atoms with Crippen LogP contribution in [0.25, 0.3) is 0 Å². The molecule has 0 bridgehead atoms. The standard InChI is InChI=1S/C6H7NOS/c1-2-5(1)8-6-3-9-4-7-6/h3-5H,1-2H2. The Morgan fingerprint density at radius 1 is 1.67 bits per heavy atom. The summed E-state index contributed by atoms with van der Waals surface area (Å²) in [4.78, 5) is 3.99. The highest BCUT2D eigenvalue weighted by atomic mass is 32.1. The molecule has 2 nitrogen and oxygen atoms in total. The smallest absolute Gasteiger partial charge is 0.224 e. The third kappa shape index (κ3) is 1.21. The fourth-order valence-corrected chi connectivity index (χ4v) is 1.07. The van der Waals surface area contributed by atoms with Crippen molar-refractivity contribution >= 4 is 11.3 Å². The first-order valence-electron chi connectivity index (χ1n) is 3.00. The first-order chi connectivity index (χ1) is 4.45. The van der Waals surface area contributed by atoms with Crippen molar-refractivity contribution in [3.8, 4) is 5.88 Å². The Kier molecular flexibility index (Phi) is 1.16. The average Bonchev–Trinajstić information content (AvgIpc) is 2.46. The summed E-state index contributed by atoms with van der Waals surface area (Å²) < 4.78 is 5.36. The van der Waals surface area contributed by atoms with Gasteiger partial charge in [-0.05, 0) is 12.8 Å². The van der Waals surface area contributed by atoms with Crippen LogP contribution in [0.3, 0.4) is 0 Å². The number of rotatable bonds is 2. The molecule has 9 heavy (non-hydrogen) atoms. The van der Waals surface area contributed by atoms with Crippen LogP contribution in [0, 0.1) is 0 Å². The summed E-state index contributed by atoms with van der Waals surface area (Å²) in [5.41, 5.74) is 1.79. The van der Waals surface area contributed by atoms with E-state index >= 15 is 0 Å². The fraction of sp³-hybridized carbons (Fsp3) is 0.500. The monoisotopic (exact) mass is 141 g/mol. The Labute approximate surface area is 57.5 Å². The minimum atomic E-state index is 0.479. The van der Waals surface area contributed by atoms with Crippen molar-refractivity contribution < 1.29 is 4.74 Å². The summed E-state index contributed by atoms with van der Waals surface area (Å²) in [6.07, 6.45) is 2.89. The highest BCUT2D eigenvalue weighted by Gasteiger charge is 2.23. The van der Waals surface area contributed by atoms with Gasteiger partial charge in [-0.3, -0.25) is 0 Å². The van der Waals surface area contributed by atoms with Crippen molar-refractivity contribution in [1.29, 1.82) is 0 Å². The third-order valence-electron chi connectivity index (χ3n) is 1.22. The second-order valence-electron chi connectivity index (χ2n) is 2.14. The maximum absolute atomic E-state index is 5.36. The zero-order chi connectivity index (χ0) is 6.10. The molecule has 1 aliphatic carbocycles. The molecule has 0 radical (unpaired) electrons. The molecular formula is C6H7NOS. The first-order valence-corrected chi connectivity index (χ1v) is 3.94. The number of hydrogen-bond acceptors (Lipinski definition) is 3. The van der Waals surface area contributed by atoms with Gasteiger partial charge in [0.2, 0.25) is 5.88 Å². The zero-order valence-electron chi connectivity index (χ0n) is 4.91. The van der Waals surface area contributed by atoms with Gasteiger partial charge in [-0.1, -0.05) is 0 Å². The number of ether oxygens (including phenoxy) is 1. The van der Waals surface area contributed by atoms with Gasteiger partial charge in [-0.2, -0.15) is 0 Å². The van der Waals surface area contributed by atoms with E-state index in [4.69, 9.17) is 4.74 Å². The predicted octanol–water partition coefficient (Wildman–Crippen LogP) is 1.68. The van der Waals surface area contributed by atoms with Crippen LogP contribution in [0.4, 0.5) is 0 Å². The molecule has 1 fully saturated rings. The lowest BCUT2D eigenvalue weighted by molar-refractivity contribution is 0.293. The van der Waals surface area contributed by atoms with E-state index in [1.165, 1.54) is 12.8 Å². The van der Waals surface area contributed by atoms with Crippen molar-refractivity contribution in [2.75, 3.05) is 0 Å². The van der Waals surface area contributed by atoms with Gasteiger partial charge in [-0.25, -0.2) is 4.98 Å². The van der Waals surface area contributed by atoms with E-state index in [9.17, 15) is 0 Å². The second-order valence-corrected chi connectivity index (χ2v) is 2.86. The molecule has 1 aliphatic rings. The second kappa shape index (κ2) is 1.99. The van der Waals surface area contributed by atoms with Crippen molar-refractivity contribution in [2.24, 2.45) is 0 Å². The minimum Gasteiger partial charge on any atom is -0.474 e. The molecule has 0 aromatic carbocycles. The summed E-state index contributed by atoms with van der Waals surface area (Å²) in [7, 11) is 0. The lowest BCUT2D eigenvalue weighted by atomic mass is 10.8. The van der Waals surface area contributed by atoms with E-state index in [1.54, 1.807) is 16.8 Å². The van der Waals surface area contributed by atoms with Crippen LogP contribution in [-0.2, 0) is 0 Å². The fourth-order valence-electron chi connectivity index (χ4n) is 0.616. The van der Waals surface area contributed by atoms with Crippen molar-refractivity contribution in [3.63, 3.8) is 0 Å². The van der Waals surface area contributed by atoms with Gasteiger partial charge >= 0.3 is 0 Å². The van der Waals surface area contributed by atoms with Gasteiger partial charge in [0.25, 0.3) is 0 Å². The minimum absolute atomic E-state index is 0.479. The highest BCUT2D eigenvalue weighted by molar-refractivity contribution is 7.07. The summed E-state index contributed by atoms with van der Waals surface area (Å²) in [6.45, 7) is 0. The molecule has 0 aliphatic heterocycles. The molecule has 1 heterocycles. The van der Waals surface area contributed by atoms with Crippen molar-refractivity contribution in [1.82, 2.24) is 4.98 Å². The zero-order valence-corrected chi connectivity index (χ0v) is 5.73. The Hall–Kier alpha value is -0.570. The summed E-state index contributed by atoms with van der Waals surface area (Å²) >= 11 is 1.57. The van der Waals surface area contributed by atoms with Crippen molar-refractivity contribution in [3.05, 3.63) is 10.9 Å². The molecule has 1 aromatic rings. The molecule has 3 heteroatoms. The third-order valence-corrected chi connectivity index (χ3v) is 1.79. The number of thiazole rings is 1. The van der Waals surface area contributed by atoms with E-state index in [1.807, 2.05) is 5.38 Å². The van der Waals surface area contributed by atoms with Crippen molar-refractivity contribution in [2.45, 2.75) is 18.9 Å². The molecule has 0 saturated heterocycles. The van der Waals surface area contributed by atoms with E-state index in [2.05, 4.69) is 4.98 Å². The summed E-state index contributed by atoms with van der Waals surface area (Å²) in [6, 6.07) is 0. The Morgan fingerprint density at radius 3 is 3.11 bits per heavy atom. The number of nitrogens with zero attached hydrogens (tertiary/aromatic N) is 1. The van der Waals surface area contributed by atoms with Gasteiger partial charge < -0.3 is 4.74 Å². The van der Waals surface area contributed by atoms with E-state index in [0.717, 1.165) is 5.88 Å². The van der Waals surface area contributed by atoms with E-state index < -0.39 is 0 Å². The van der Waals surface area contributed by atoms with Gasteiger partial charge in [0.1, 0.15) is 6.10 Å². The van der Waals surface area contributed by atoms with Crippen LogP contribution in [0.15, 0.2) is 10.9 Å². The molecule has 0 N–H and O–H groups in total.